The highest BCUT2D eigenvalue weighted by atomic mass is 32.1. The average molecular weight is 344 g/mol. The van der Waals surface area contributed by atoms with Crippen molar-refractivity contribution in [2.24, 2.45) is 0 Å². The van der Waals surface area contributed by atoms with Gasteiger partial charge in [0.2, 0.25) is 5.91 Å². The zero-order valence-electron chi connectivity index (χ0n) is 14.2. The Hall–Kier alpha value is -1.85. The van der Waals surface area contributed by atoms with Crippen LogP contribution in [0.25, 0.3) is 0 Å². The fourth-order valence-electron chi connectivity index (χ4n) is 2.98. The van der Waals surface area contributed by atoms with Crippen LogP contribution in [0.5, 0.6) is 0 Å². The SMILES string of the molecule is CC1(C)COCCN1c1ccc(NC(=O)CCc2cccs2)cc1. The molecule has 4 nitrogen and oxygen atoms in total. The summed E-state index contributed by atoms with van der Waals surface area (Å²) in [6, 6.07) is 12.2. The van der Waals surface area contributed by atoms with Crippen LogP contribution in [0, 0.1) is 0 Å². The van der Waals surface area contributed by atoms with Crippen molar-refractivity contribution in [3.05, 3.63) is 46.7 Å². The Bertz CT molecular complexity index is 665. The zero-order chi connectivity index (χ0) is 17.0. The second-order valence-electron chi connectivity index (χ2n) is 6.69. The van der Waals surface area contributed by atoms with Gasteiger partial charge in [0.25, 0.3) is 0 Å². The molecule has 0 spiro atoms. The number of rotatable bonds is 5. The lowest BCUT2D eigenvalue weighted by atomic mass is 10.0. The molecule has 0 bridgehead atoms. The summed E-state index contributed by atoms with van der Waals surface area (Å²) in [7, 11) is 0. The third-order valence-corrected chi connectivity index (χ3v) is 5.22. The fourth-order valence-corrected chi connectivity index (χ4v) is 3.69. The lowest BCUT2D eigenvalue weighted by Crippen LogP contribution is -2.53. The number of thiophene rings is 1. The maximum atomic E-state index is 12.1. The van der Waals surface area contributed by atoms with Gasteiger partial charge in [0.05, 0.1) is 18.8 Å². The van der Waals surface area contributed by atoms with Gasteiger partial charge in [-0.1, -0.05) is 6.07 Å². The van der Waals surface area contributed by atoms with Crippen LogP contribution < -0.4 is 10.2 Å². The molecule has 0 radical (unpaired) electrons. The molecule has 0 saturated carbocycles. The van der Waals surface area contributed by atoms with Crippen LogP contribution in [-0.2, 0) is 16.0 Å². The molecule has 0 unspecified atom stereocenters. The molecule has 0 atom stereocenters. The van der Waals surface area contributed by atoms with Gasteiger partial charge in [0, 0.05) is 29.2 Å². The number of hydrogen-bond donors (Lipinski definition) is 1. The number of ether oxygens (including phenoxy) is 1. The summed E-state index contributed by atoms with van der Waals surface area (Å²) in [5.74, 6) is 0.0582. The Labute approximate surface area is 147 Å². The molecule has 2 aromatic rings. The van der Waals surface area contributed by atoms with Crippen LogP contribution in [0.4, 0.5) is 11.4 Å². The third kappa shape index (κ3) is 4.16. The first-order valence-electron chi connectivity index (χ1n) is 8.32. The summed E-state index contributed by atoms with van der Waals surface area (Å²) in [5, 5.41) is 5.02. The molecule has 1 N–H and O–H groups in total. The molecule has 1 aliphatic rings. The third-order valence-electron chi connectivity index (χ3n) is 4.29. The van der Waals surface area contributed by atoms with Gasteiger partial charge in [-0.25, -0.2) is 0 Å². The predicted octanol–water partition coefficient (Wildman–Crippen LogP) is 3.93. The number of nitrogens with zero attached hydrogens (tertiary/aromatic N) is 1. The van der Waals surface area contributed by atoms with Gasteiger partial charge in [-0.05, 0) is 56.0 Å². The second-order valence-corrected chi connectivity index (χ2v) is 7.72. The smallest absolute Gasteiger partial charge is 0.224 e. The van der Waals surface area contributed by atoms with Crippen LogP contribution >= 0.6 is 11.3 Å². The molecule has 1 aliphatic heterocycles. The van der Waals surface area contributed by atoms with Gasteiger partial charge in [0.15, 0.2) is 0 Å². The summed E-state index contributed by atoms with van der Waals surface area (Å²) < 4.78 is 5.57. The number of aryl methyl sites for hydroxylation is 1. The Morgan fingerprint density at radius 3 is 2.75 bits per heavy atom. The quantitative estimate of drug-likeness (QED) is 0.893. The lowest BCUT2D eigenvalue weighted by molar-refractivity contribution is -0.116. The van der Waals surface area contributed by atoms with E-state index in [1.807, 2.05) is 23.6 Å². The van der Waals surface area contributed by atoms with E-state index < -0.39 is 0 Å². The van der Waals surface area contributed by atoms with Crippen molar-refractivity contribution in [2.75, 3.05) is 30.0 Å². The first-order valence-corrected chi connectivity index (χ1v) is 9.20. The molecule has 3 rings (SSSR count). The van der Waals surface area contributed by atoms with Crippen LogP contribution in [0.15, 0.2) is 41.8 Å². The molecule has 1 amide bonds. The molecule has 1 aromatic carbocycles. The van der Waals surface area contributed by atoms with Gasteiger partial charge in [-0.3, -0.25) is 4.79 Å². The van der Waals surface area contributed by atoms with Crippen LogP contribution in [0.3, 0.4) is 0 Å². The molecule has 2 heterocycles. The van der Waals surface area contributed by atoms with E-state index in [1.165, 1.54) is 10.6 Å². The minimum Gasteiger partial charge on any atom is -0.377 e. The number of morpholine rings is 1. The number of amides is 1. The van der Waals surface area contributed by atoms with E-state index in [4.69, 9.17) is 4.74 Å². The Morgan fingerprint density at radius 2 is 2.08 bits per heavy atom. The zero-order valence-corrected chi connectivity index (χ0v) is 15.1. The van der Waals surface area contributed by atoms with E-state index in [-0.39, 0.29) is 11.4 Å². The van der Waals surface area contributed by atoms with Crippen molar-refractivity contribution in [3.8, 4) is 0 Å². The minimum atomic E-state index is -0.0102. The molecule has 1 aromatic heterocycles. The molecule has 1 fully saturated rings. The molecule has 1 saturated heterocycles. The van der Waals surface area contributed by atoms with E-state index in [1.54, 1.807) is 11.3 Å². The predicted molar refractivity (Wildman–Crippen MR) is 100.0 cm³/mol. The van der Waals surface area contributed by atoms with Gasteiger partial charge in [0.1, 0.15) is 0 Å². The first-order chi connectivity index (χ1) is 11.5. The summed E-state index contributed by atoms with van der Waals surface area (Å²) in [4.78, 5) is 15.7. The Kier molecular flexibility index (Phi) is 5.21. The number of benzene rings is 1. The van der Waals surface area contributed by atoms with Crippen LogP contribution in [-0.4, -0.2) is 31.2 Å². The second kappa shape index (κ2) is 7.36. The maximum absolute atomic E-state index is 12.1. The van der Waals surface area contributed by atoms with Gasteiger partial charge in [-0.15, -0.1) is 11.3 Å². The average Bonchev–Trinajstić information content (AvgIpc) is 3.07. The van der Waals surface area contributed by atoms with Gasteiger partial charge in [-0.2, -0.15) is 0 Å². The maximum Gasteiger partial charge on any atom is 0.224 e. The minimum absolute atomic E-state index is 0.0102. The molecular weight excluding hydrogens is 320 g/mol. The molecule has 5 heteroatoms. The highest BCUT2D eigenvalue weighted by Crippen LogP contribution is 2.28. The van der Waals surface area contributed by atoms with Crippen molar-refractivity contribution in [3.63, 3.8) is 0 Å². The van der Waals surface area contributed by atoms with Crippen molar-refractivity contribution >= 4 is 28.6 Å². The number of hydrogen-bond acceptors (Lipinski definition) is 4. The topological polar surface area (TPSA) is 41.6 Å². The Balaban J connectivity index is 1.57. The highest BCUT2D eigenvalue weighted by Gasteiger charge is 2.30. The van der Waals surface area contributed by atoms with E-state index in [0.717, 1.165) is 31.9 Å². The van der Waals surface area contributed by atoms with E-state index in [0.29, 0.717) is 6.42 Å². The molecule has 0 aliphatic carbocycles. The van der Waals surface area contributed by atoms with E-state index in [2.05, 4.69) is 42.3 Å². The standard InChI is InChI=1S/C19H24N2O2S/c1-19(2)14-23-12-11-21(19)16-7-5-15(6-8-16)20-18(22)10-9-17-4-3-13-24-17/h3-8,13H,9-12,14H2,1-2H3,(H,20,22). The largest absolute Gasteiger partial charge is 0.377 e. The highest BCUT2D eigenvalue weighted by molar-refractivity contribution is 7.09. The van der Waals surface area contributed by atoms with Crippen molar-refractivity contribution < 1.29 is 9.53 Å². The van der Waals surface area contributed by atoms with Gasteiger partial charge < -0.3 is 15.0 Å². The van der Waals surface area contributed by atoms with Crippen LogP contribution in [0.1, 0.15) is 25.1 Å². The normalized spacial score (nSPS) is 16.8. The van der Waals surface area contributed by atoms with Crippen LogP contribution in [0.2, 0.25) is 0 Å². The first kappa shape index (κ1) is 17.0. The summed E-state index contributed by atoms with van der Waals surface area (Å²) in [6.07, 6.45) is 1.31. The van der Waals surface area contributed by atoms with Crippen molar-refractivity contribution in [1.82, 2.24) is 0 Å². The Morgan fingerprint density at radius 1 is 1.29 bits per heavy atom. The number of carbonyl (C=O) groups is 1. The number of anilines is 2. The van der Waals surface area contributed by atoms with Crippen molar-refractivity contribution in [2.45, 2.75) is 32.2 Å². The number of carbonyl (C=O) groups excluding carboxylic acids is 1. The molecule has 24 heavy (non-hydrogen) atoms. The lowest BCUT2D eigenvalue weighted by Gasteiger charge is -2.43. The summed E-state index contributed by atoms with van der Waals surface area (Å²) >= 11 is 1.69. The van der Waals surface area contributed by atoms with Gasteiger partial charge >= 0.3 is 0 Å². The molecule has 128 valence electrons. The van der Waals surface area contributed by atoms with Crippen molar-refractivity contribution in [1.29, 1.82) is 0 Å². The molecular formula is C19H24N2O2S. The summed E-state index contributed by atoms with van der Waals surface area (Å²) in [6.45, 7) is 6.75. The van der Waals surface area contributed by atoms with E-state index >= 15 is 0 Å². The monoisotopic (exact) mass is 344 g/mol. The fraction of sp³-hybridized carbons (Fsp3) is 0.421. The number of nitrogens with one attached hydrogen (secondary N) is 1. The van der Waals surface area contributed by atoms with E-state index in [9.17, 15) is 4.79 Å². The summed E-state index contributed by atoms with van der Waals surface area (Å²) in [5.41, 5.74) is 2.00.